The number of alkyl halides is 7. The number of Topliss-reactive ketones (excluding diaryl/α,β-unsaturated/α-hetero) is 1. The number of nitrogens with two attached hydrogens (primary N) is 1. The van der Waals surface area contributed by atoms with Crippen LogP contribution in [0.25, 0.3) is 0 Å². The van der Waals surface area contributed by atoms with Gasteiger partial charge in [0.25, 0.3) is 19.3 Å². The fraction of sp³-hybridized carbons (Fsp3) is 0.438. The number of carboxylic acids is 2. The van der Waals surface area contributed by atoms with Crippen molar-refractivity contribution in [2.45, 2.75) is 68.4 Å². The summed E-state index contributed by atoms with van der Waals surface area (Å²) >= 11 is 11.4. The van der Waals surface area contributed by atoms with E-state index in [0.717, 1.165) is 13.2 Å². The number of ether oxygens (including phenoxy) is 2. The lowest BCUT2D eigenvalue weighted by Gasteiger charge is -2.08. The summed E-state index contributed by atoms with van der Waals surface area (Å²) in [5.74, 6) is -4.74. The highest BCUT2D eigenvalue weighted by atomic mass is 79.9. The lowest BCUT2D eigenvalue weighted by molar-refractivity contribution is -0.148. The van der Waals surface area contributed by atoms with E-state index in [1.807, 2.05) is 0 Å². The van der Waals surface area contributed by atoms with E-state index in [1.54, 1.807) is 12.1 Å². The summed E-state index contributed by atoms with van der Waals surface area (Å²) in [6.07, 6.45) is -5.61. The third-order valence-corrected chi connectivity index (χ3v) is 7.38. The average molecular weight is 954 g/mol. The number of halogens is 7. The molecule has 1 saturated heterocycles. The highest BCUT2D eigenvalue weighted by molar-refractivity contribution is 9.09. The first-order valence-corrected chi connectivity index (χ1v) is 18.5. The Morgan fingerprint density at radius 1 is 0.948 bits per heavy atom. The quantitative estimate of drug-likeness (QED) is 0.0311. The fourth-order valence-electron chi connectivity index (χ4n) is 3.14. The Kier molecular flexibility index (Phi) is 33.8. The minimum Gasteiger partial charge on any atom is -0.481 e. The Balaban J connectivity index is -0.000000662. The zero-order chi connectivity index (χ0) is 45.4. The Morgan fingerprint density at radius 3 is 1.74 bits per heavy atom. The molecule has 0 spiro atoms. The zero-order valence-corrected chi connectivity index (χ0v) is 34.1. The summed E-state index contributed by atoms with van der Waals surface area (Å²) in [6, 6.07) is 6.21. The number of thiocarbonyl (C=S) groups is 1. The number of ketones is 1. The van der Waals surface area contributed by atoms with Gasteiger partial charge in [0.2, 0.25) is 16.9 Å². The molecule has 16 nitrogen and oxygen atoms in total. The van der Waals surface area contributed by atoms with Gasteiger partial charge in [0, 0.05) is 36.5 Å². The highest BCUT2D eigenvalue weighted by Gasteiger charge is 2.20. The molecule has 0 amide bonds. The van der Waals surface area contributed by atoms with E-state index in [-0.39, 0.29) is 39.0 Å². The van der Waals surface area contributed by atoms with Crippen molar-refractivity contribution < 1.29 is 65.2 Å². The van der Waals surface area contributed by atoms with Crippen LogP contribution in [0, 0.1) is 34.0 Å². The molecule has 0 bridgehead atoms. The summed E-state index contributed by atoms with van der Waals surface area (Å²) in [5, 5.41) is 40.9. The second kappa shape index (κ2) is 34.1. The molecule has 3 rings (SSSR count). The van der Waals surface area contributed by atoms with Crippen LogP contribution in [0.1, 0.15) is 74.1 Å². The maximum atomic E-state index is 12.5. The average Bonchev–Trinajstić information content (AvgIpc) is 3.15. The number of nitriles is 3. The molecule has 1 aliphatic rings. The molecule has 1 aliphatic heterocycles. The molecule has 320 valence electrons. The van der Waals surface area contributed by atoms with Crippen molar-refractivity contribution >= 4 is 81.2 Å². The number of thioether (sulfide) groups is 1. The van der Waals surface area contributed by atoms with Crippen LogP contribution in [0.3, 0.4) is 0 Å². The molecule has 0 saturated carbocycles. The summed E-state index contributed by atoms with van der Waals surface area (Å²) in [6.45, 7) is 3.63. The minimum atomic E-state index is -3.08. The van der Waals surface area contributed by atoms with E-state index in [2.05, 4.69) is 55.5 Å². The van der Waals surface area contributed by atoms with Gasteiger partial charge in [-0.2, -0.15) is 15.8 Å². The number of aromatic nitrogens is 2. The number of hydrogen-bond acceptors (Lipinski definition) is 14. The summed E-state index contributed by atoms with van der Waals surface area (Å²) in [7, 11) is 0. The fourth-order valence-corrected chi connectivity index (χ4v) is 4.24. The van der Waals surface area contributed by atoms with E-state index >= 15 is 0 Å². The van der Waals surface area contributed by atoms with Crippen molar-refractivity contribution in [1.29, 1.82) is 15.8 Å². The van der Waals surface area contributed by atoms with Crippen LogP contribution >= 0.6 is 52.5 Å². The van der Waals surface area contributed by atoms with Gasteiger partial charge in [0.1, 0.15) is 23.9 Å². The lowest BCUT2D eigenvalue weighted by Crippen LogP contribution is -2.16. The molecule has 6 N–H and O–H groups in total. The van der Waals surface area contributed by atoms with Gasteiger partial charge < -0.3 is 35.4 Å². The molecular formula is C32H35BrF6N6O10S3. The monoisotopic (exact) mass is 952 g/mol. The number of H-pyrrole nitrogens is 2. The third-order valence-electron chi connectivity index (χ3n) is 5.44. The van der Waals surface area contributed by atoms with Gasteiger partial charge in [-0.3, -0.25) is 28.8 Å². The van der Waals surface area contributed by atoms with E-state index in [0.29, 0.717) is 23.9 Å². The molecule has 1 fully saturated rings. The molecule has 0 radical (unpaired) electrons. The largest absolute Gasteiger partial charge is 0.481 e. The minimum absolute atomic E-state index is 0.0347. The highest BCUT2D eigenvalue weighted by Crippen LogP contribution is 2.27. The number of nitrogens with one attached hydrogen (secondary N) is 2. The number of carbonyl (C=O) groups excluding carboxylic acids is 2. The number of esters is 1. The predicted molar refractivity (Wildman–Crippen MR) is 204 cm³/mol. The van der Waals surface area contributed by atoms with Gasteiger partial charge >= 0.3 is 17.9 Å². The van der Waals surface area contributed by atoms with Crippen LogP contribution in [0.5, 0.6) is 0 Å². The molecule has 0 aromatic carbocycles. The van der Waals surface area contributed by atoms with Crippen LogP contribution < -0.4 is 16.9 Å². The van der Waals surface area contributed by atoms with Crippen molar-refractivity contribution in [3.63, 3.8) is 0 Å². The molecule has 26 heteroatoms. The Labute approximate surface area is 349 Å². The molecule has 0 unspecified atom stereocenters. The van der Waals surface area contributed by atoms with Crippen molar-refractivity contribution in [1.82, 2.24) is 9.97 Å². The molecule has 2 aromatic heterocycles. The first-order chi connectivity index (χ1) is 27.1. The number of rotatable bonds is 11. The molecule has 3 heterocycles. The molecule has 2 aromatic rings. The number of hydrogen-bond donors (Lipinski definition) is 6. The molecular weight excluding hydrogens is 918 g/mol. The Hall–Kier alpha value is -4.94. The second-order valence-electron chi connectivity index (χ2n) is 9.86. The zero-order valence-electron chi connectivity index (χ0n) is 29.9. The number of carboxylic acid groups (broad SMARTS) is 2. The smallest absolute Gasteiger partial charge is 0.314 e. The number of carbonyl (C=O) groups is 4. The lowest BCUT2D eigenvalue weighted by atomic mass is 10.1. The predicted octanol–water partition coefficient (Wildman–Crippen LogP) is 5.45. The van der Waals surface area contributed by atoms with E-state index in [9.17, 15) is 55.1 Å². The van der Waals surface area contributed by atoms with Crippen molar-refractivity contribution in [3.05, 3.63) is 55.1 Å². The SMILES string of the molecule is C1CCOCC1.CCOC(=O)CC(=O)C(F)F.N#CCC(N)=S.N#Cc1c(C(F)F)cc(=O)[nH]c1S.N#Cc1c(C(F)F)cc(=O)[nH]c1SCC(=O)O.O=C(O)CBr. The normalized spacial score (nSPS) is 10.9. The number of thiol groups is 1. The van der Waals surface area contributed by atoms with Crippen LogP contribution in [-0.4, -0.2) is 86.2 Å². The van der Waals surface area contributed by atoms with Gasteiger partial charge in [-0.25, -0.2) is 26.3 Å². The van der Waals surface area contributed by atoms with Crippen molar-refractivity contribution in [2.24, 2.45) is 5.73 Å². The Bertz CT molecular complexity index is 1870. The Morgan fingerprint density at radius 2 is 1.43 bits per heavy atom. The van der Waals surface area contributed by atoms with Crippen LogP contribution in [0.15, 0.2) is 31.8 Å². The van der Waals surface area contributed by atoms with E-state index in [1.165, 1.54) is 32.3 Å². The van der Waals surface area contributed by atoms with E-state index < -0.39 is 83.0 Å². The molecule has 0 aliphatic carbocycles. The van der Waals surface area contributed by atoms with Crippen LogP contribution in [0.2, 0.25) is 0 Å². The number of nitrogens with zero attached hydrogens (tertiary/aromatic N) is 3. The van der Waals surface area contributed by atoms with Crippen LogP contribution in [0.4, 0.5) is 26.3 Å². The number of aliphatic carboxylic acids is 2. The maximum Gasteiger partial charge on any atom is 0.314 e. The first-order valence-electron chi connectivity index (χ1n) is 15.5. The van der Waals surface area contributed by atoms with Gasteiger partial charge in [0.15, 0.2) is 0 Å². The summed E-state index contributed by atoms with van der Waals surface area (Å²) in [5.41, 5.74) is 1.45. The van der Waals surface area contributed by atoms with E-state index in [4.69, 9.17) is 36.5 Å². The topological polar surface area (TPSA) is 290 Å². The maximum absolute atomic E-state index is 12.5. The molecule has 0 atom stereocenters. The van der Waals surface area contributed by atoms with Crippen LogP contribution in [-0.2, 0) is 28.7 Å². The van der Waals surface area contributed by atoms with Gasteiger partial charge in [-0.15, -0.1) is 12.6 Å². The van der Waals surface area contributed by atoms with Crippen molar-refractivity contribution in [3.8, 4) is 18.2 Å². The summed E-state index contributed by atoms with van der Waals surface area (Å²) in [4.78, 5) is 66.6. The number of aromatic amines is 2. The number of pyridine rings is 2. The van der Waals surface area contributed by atoms with Gasteiger partial charge in [-0.05, 0) is 26.2 Å². The standard InChI is InChI=1S/C9H6F2N2O3S.C7H4F2N2OS.C6H8F2O3.C5H10O.C3H4N2S.C2H3BrO2/c10-8(11)4-1-6(14)13-9(5(4)2-12)17-3-7(15)16;8-6(9)3-1-5(12)11-7(13)4(3)2-10;1-2-11-5(10)3-4(9)6(7)8;1-2-4-6-5-3-1;4-2-1-3(5)6;3-1-2(4)5/h1,8H,3H2,(H,13,14)(H,15,16);1,6H,(H2,11,12,13);6H,2-3H2,1H3;1-5H2;1H2,(H2,5,6);1H2,(H,4,5). The van der Waals surface area contributed by atoms with Crippen molar-refractivity contribution in [2.75, 3.05) is 30.9 Å². The van der Waals surface area contributed by atoms with Gasteiger partial charge in [0.05, 0.1) is 51.0 Å². The third kappa shape index (κ3) is 29.3. The second-order valence-corrected chi connectivity index (χ2v) is 12.4. The molecule has 58 heavy (non-hydrogen) atoms. The summed E-state index contributed by atoms with van der Waals surface area (Å²) < 4.78 is 81.8. The van der Waals surface area contributed by atoms with Gasteiger partial charge in [-0.1, -0.05) is 39.9 Å². The first kappa shape index (κ1) is 57.4.